The SMILES string of the molecule is CO/C(C)=C\C(O)(CN)C(F)(F)F. The number of ether oxygens (including phenoxy) is 1. The topological polar surface area (TPSA) is 55.5 Å². The van der Waals surface area contributed by atoms with Crippen LogP contribution in [0.2, 0.25) is 0 Å². The van der Waals surface area contributed by atoms with E-state index in [9.17, 15) is 13.2 Å². The smallest absolute Gasteiger partial charge is 0.422 e. The monoisotopic (exact) mass is 199 g/mol. The molecule has 0 heterocycles. The summed E-state index contributed by atoms with van der Waals surface area (Å²) >= 11 is 0. The summed E-state index contributed by atoms with van der Waals surface area (Å²) in [6, 6.07) is 0. The largest absolute Gasteiger partial charge is 0.502 e. The van der Waals surface area contributed by atoms with Crippen LogP contribution in [0.4, 0.5) is 13.2 Å². The Bertz CT molecular complexity index is 202. The normalized spacial score (nSPS) is 18.2. The Labute approximate surface area is 74.0 Å². The van der Waals surface area contributed by atoms with E-state index in [1.54, 1.807) is 0 Å². The van der Waals surface area contributed by atoms with E-state index in [4.69, 9.17) is 10.8 Å². The van der Waals surface area contributed by atoms with Crippen molar-refractivity contribution in [1.82, 2.24) is 0 Å². The minimum absolute atomic E-state index is 0.0368. The van der Waals surface area contributed by atoms with Crippen molar-refractivity contribution < 1.29 is 23.0 Å². The van der Waals surface area contributed by atoms with Gasteiger partial charge in [0, 0.05) is 6.54 Å². The van der Waals surface area contributed by atoms with Crippen molar-refractivity contribution in [3.63, 3.8) is 0 Å². The molecule has 0 radical (unpaired) electrons. The van der Waals surface area contributed by atoms with E-state index in [1.165, 1.54) is 14.0 Å². The van der Waals surface area contributed by atoms with Crippen LogP contribution in [-0.4, -0.2) is 30.5 Å². The average molecular weight is 199 g/mol. The molecule has 0 aromatic heterocycles. The highest BCUT2D eigenvalue weighted by Gasteiger charge is 2.51. The van der Waals surface area contributed by atoms with Crippen molar-refractivity contribution in [3.8, 4) is 0 Å². The van der Waals surface area contributed by atoms with Crippen LogP contribution < -0.4 is 5.73 Å². The van der Waals surface area contributed by atoms with Crippen LogP contribution in [0.25, 0.3) is 0 Å². The molecule has 3 N–H and O–H groups in total. The maximum absolute atomic E-state index is 12.2. The molecule has 78 valence electrons. The van der Waals surface area contributed by atoms with Crippen LogP contribution in [0, 0.1) is 0 Å². The molecule has 0 saturated carbocycles. The molecule has 0 saturated heterocycles. The van der Waals surface area contributed by atoms with Gasteiger partial charge in [-0.15, -0.1) is 0 Å². The van der Waals surface area contributed by atoms with Gasteiger partial charge in [-0.3, -0.25) is 0 Å². The van der Waals surface area contributed by atoms with Crippen molar-refractivity contribution in [2.24, 2.45) is 5.73 Å². The maximum Gasteiger partial charge on any atom is 0.422 e. The summed E-state index contributed by atoms with van der Waals surface area (Å²) in [7, 11) is 1.21. The Balaban J connectivity index is 4.86. The Hall–Kier alpha value is -0.750. The molecule has 0 aromatic carbocycles. The van der Waals surface area contributed by atoms with Crippen LogP contribution in [0.3, 0.4) is 0 Å². The van der Waals surface area contributed by atoms with E-state index < -0.39 is 18.3 Å². The second-order valence-corrected chi connectivity index (χ2v) is 2.59. The molecule has 0 aromatic rings. The van der Waals surface area contributed by atoms with E-state index in [2.05, 4.69) is 4.74 Å². The molecule has 0 aliphatic carbocycles. The van der Waals surface area contributed by atoms with Crippen molar-refractivity contribution in [2.45, 2.75) is 18.7 Å². The lowest BCUT2D eigenvalue weighted by atomic mass is 10.0. The first-order valence-corrected chi connectivity index (χ1v) is 3.49. The van der Waals surface area contributed by atoms with E-state index in [0.717, 1.165) is 0 Å². The third-order valence-corrected chi connectivity index (χ3v) is 1.57. The van der Waals surface area contributed by atoms with Crippen molar-refractivity contribution in [3.05, 3.63) is 11.8 Å². The standard InChI is InChI=1S/C7H12F3NO2/c1-5(13-2)3-6(12,4-11)7(8,9)10/h3,12H,4,11H2,1-2H3/b5-3-. The lowest BCUT2D eigenvalue weighted by Crippen LogP contribution is -2.49. The van der Waals surface area contributed by atoms with Gasteiger partial charge in [-0.05, 0) is 13.0 Å². The van der Waals surface area contributed by atoms with Crippen LogP contribution in [-0.2, 0) is 4.74 Å². The van der Waals surface area contributed by atoms with Gasteiger partial charge in [0.2, 0.25) is 0 Å². The van der Waals surface area contributed by atoms with E-state index in [0.29, 0.717) is 6.08 Å². The molecule has 0 aliphatic rings. The number of hydrogen-bond acceptors (Lipinski definition) is 3. The molecule has 0 fully saturated rings. The second kappa shape index (κ2) is 3.97. The fraction of sp³-hybridized carbons (Fsp3) is 0.714. The van der Waals surface area contributed by atoms with Crippen LogP contribution >= 0.6 is 0 Å². The molecule has 1 atom stereocenters. The molecule has 1 unspecified atom stereocenters. The first-order chi connectivity index (χ1) is 5.77. The number of allylic oxidation sites excluding steroid dienone is 1. The van der Waals surface area contributed by atoms with Gasteiger partial charge in [-0.1, -0.05) is 0 Å². The van der Waals surface area contributed by atoms with Gasteiger partial charge in [0.1, 0.15) is 0 Å². The Morgan fingerprint density at radius 3 is 2.23 bits per heavy atom. The highest BCUT2D eigenvalue weighted by molar-refractivity contribution is 5.09. The molecule has 0 aliphatic heterocycles. The van der Waals surface area contributed by atoms with Crippen LogP contribution in [0.5, 0.6) is 0 Å². The number of hydrogen-bond donors (Lipinski definition) is 2. The Morgan fingerprint density at radius 2 is 2.00 bits per heavy atom. The third kappa shape index (κ3) is 2.89. The van der Waals surface area contributed by atoms with Gasteiger partial charge in [-0.2, -0.15) is 13.2 Å². The molecule has 3 nitrogen and oxygen atoms in total. The Morgan fingerprint density at radius 1 is 1.54 bits per heavy atom. The summed E-state index contributed by atoms with van der Waals surface area (Å²) in [5.41, 5.74) is 1.82. The molecule has 6 heteroatoms. The third-order valence-electron chi connectivity index (χ3n) is 1.57. The van der Waals surface area contributed by atoms with E-state index >= 15 is 0 Å². The first-order valence-electron chi connectivity index (χ1n) is 3.49. The zero-order valence-corrected chi connectivity index (χ0v) is 7.35. The summed E-state index contributed by atoms with van der Waals surface area (Å²) in [5.74, 6) is -0.0368. The molecular weight excluding hydrogens is 187 g/mol. The molecule has 0 spiro atoms. The number of aliphatic hydroxyl groups is 1. The zero-order chi connectivity index (χ0) is 10.7. The number of rotatable bonds is 3. The first kappa shape index (κ1) is 12.2. The van der Waals surface area contributed by atoms with Gasteiger partial charge in [-0.25, -0.2) is 0 Å². The lowest BCUT2D eigenvalue weighted by molar-refractivity contribution is -0.236. The summed E-state index contributed by atoms with van der Waals surface area (Å²) in [6.45, 7) is 0.365. The second-order valence-electron chi connectivity index (χ2n) is 2.59. The van der Waals surface area contributed by atoms with Crippen LogP contribution in [0.1, 0.15) is 6.92 Å². The fourth-order valence-corrected chi connectivity index (χ4v) is 0.652. The molecule has 0 rings (SSSR count). The van der Waals surface area contributed by atoms with Gasteiger partial charge in [0.15, 0.2) is 5.60 Å². The number of nitrogens with two attached hydrogens (primary N) is 1. The maximum atomic E-state index is 12.2. The predicted molar refractivity (Wildman–Crippen MR) is 40.8 cm³/mol. The highest BCUT2D eigenvalue weighted by Crippen LogP contribution is 2.31. The number of halogens is 3. The molecule has 0 bridgehead atoms. The van der Waals surface area contributed by atoms with Gasteiger partial charge < -0.3 is 15.6 Å². The summed E-state index contributed by atoms with van der Waals surface area (Å²) in [5, 5.41) is 9.05. The average Bonchev–Trinajstić information content (AvgIpc) is 2.02. The van der Waals surface area contributed by atoms with Gasteiger partial charge >= 0.3 is 6.18 Å². The van der Waals surface area contributed by atoms with Crippen molar-refractivity contribution >= 4 is 0 Å². The predicted octanol–water partition coefficient (Wildman–Crippen LogP) is 0.789. The summed E-state index contributed by atoms with van der Waals surface area (Å²) in [6.07, 6.45) is -4.24. The zero-order valence-electron chi connectivity index (χ0n) is 7.35. The van der Waals surface area contributed by atoms with Gasteiger partial charge in [0.05, 0.1) is 12.9 Å². The highest BCUT2D eigenvalue weighted by atomic mass is 19.4. The van der Waals surface area contributed by atoms with Crippen LogP contribution in [0.15, 0.2) is 11.8 Å². The summed E-state index contributed by atoms with van der Waals surface area (Å²) < 4.78 is 41.0. The van der Waals surface area contributed by atoms with Crippen molar-refractivity contribution in [2.75, 3.05) is 13.7 Å². The van der Waals surface area contributed by atoms with Crippen molar-refractivity contribution in [1.29, 1.82) is 0 Å². The van der Waals surface area contributed by atoms with E-state index in [1.807, 2.05) is 0 Å². The minimum atomic E-state index is -4.79. The molecular formula is C7H12F3NO2. The minimum Gasteiger partial charge on any atom is -0.502 e. The lowest BCUT2D eigenvalue weighted by Gasteiger charge is -2.26. The number of methoxy groups -OCH3 is 1. The van der Waals surface area contributed by atoms with E-state index in [-0.39, 0.29) is 5.76 Å². The molecule has 0 amide bonds. The molecule has 13 heavy (non-hydrogen) atoms. The summed E-state index contributed by atoms with van der Waals surface area (Å²) in [4.78, 5) is 0. The fourth-order valence-electron chi connectivity index (χ4n) is 0.652. The quantitative estimate of drug-likeness (QED) is 0.660. The van der Waals surface area contributed by atoms with Gasteiger partial charge in [0.25, 0.3) is 0 Å². The Kier molecular flexibility index (Phi) is 3.74. The number of alkyl halides is 3.